The Morgan fingerprint density at radius 1 is 0.960 bits per heavy atom. The van der Waals surface area contributed by atoms with Crippen molar-refractivity contribution in [2.24, 2.45) is 0 Å². The molecule has 0 radical (unpaired) electrons. The van der Waals surface area contributed by atoms with Crippen molar-refractivity contribution in [2.75, 3.05) is 5.75 Å². The molecule has 25 heavy (non-hydrogen) atoms. The number of benzene rings is 2. The van der Waals surface area contributed by atoms with Crippen LogP contribution in [0, 0.1) is 5.82 Å². The van der Waals surface area contributed by atoms with Crippen molar-refractivity contribution in [2.45, 2.75) is 18.0 Å². The predicted octanol–water partition coefficient (Wildman–Crippen LogP) is 4.74. The topological polar surface area (TPSA) is 33.5 Å². The van der Waals surface area contributed by atoms with Crippen LogP contribution in [0.5, 0.6) is 0 Å². The first kappa shape index (κ1) is 17.3. The molecule has 0 atom stereocenters. The van der Waals surface area contributed by atoms with Crippen molar-refractivity contribution >= 4 is 17.7 Å². The molecule has 2 aromatic carbocycles. The number of carbonyl (C=O) groups excluding carboxylic acids is 1. The standard InChI is InChI=1S/C20H18FNO2S/c21-17-8-10-19(11-9-17)25-15-20(23)22(14-18-7-4-12-24-18)13-16-5-2-1-3-6-16/h1-12H,13-15H2. The molecule has 0 aliphatic rings. The van der Waals surface area contributed by atoms with E-state index >= 15 is 0 Å². The predicted molar refractivity (Wildman–Crippen MR) is 96.5 cm³/mol. The van der Waals surface area contributed by atoms with Crippen LogP contribution < -0.4 is 0 Å². The number of hydrogen-bond acceptors (Lipinski definition) is 3. The summed E-state index contributed by atoms with van der Waals surface area (Å²) in [4.78, 5) is 15.3. The fraction of sp³-hybridized carbons (Fsp3) is 0.150. The highest BCUT2D eigenvalue weighted by Gasteiger charge is 2.16. The minimum atomic E-state index is -0.279. The lowest BCUT2D eigenvalue weighted by molar-refractivity contribution is -0.129. The van der Waals surface area contributed by atoms with E-state index in [1.54, 1.807) is 23.3 Å². The molecular weight excluding hydrogens is 337 g/mol. The Bertz CT molecular complexity index is 788. The van der Waals surface area contributed by atoms with Gasteiger partial charge in [0.05, 0.1) is 18.6 Å². The second kappa shape index (κ2) is 8.53. The molecule has 0 bridgehead atoms. The quantitative estimate of drug-likeness (QED) is 0.574. The maximum Gasteiger partial charge on any atom is 0.233 e. The van der Waals surface area contributed by atoms with E-state index in [0.29, 0.717) is 18.8 Å². The molecular formula is C20H18FNO2S. The van der Waals surface area contributed by atoms with E-state index in [1.165, 1.54) is 23.9 Å². The van der Waals surface area contributed by atoms with E-state index in [1.807, 2.05) is 42.5 Å². The van der Waals surface area contributed by atoms with Gasteiger partial charge in [0.25, 0.3) is 0 Å². The highest BCUT2D eigenvalue weighted by Crippen LogP contribution is 2.20. The average Bonchev–Trinajstić information content (AvgIpc) is 3.14. The normalized spacial score (nSPS) is 10.6. The summed E-state index contributed by atoms with van der Waals surface area (Å²) in [6.45, 7) is 0.940. The first-order valence-corrected chi connectivity index (χ1v) is 8.92. The molecule has 0 fully saturated rings. The molecule has 3 rings (SSSR count). The van der Waals surface area contributed by atoms with Gasteiger partial charge in [0.15, 0.2) is 0 Å². The summed E-state index contributed by atoms with van der Waals surface area (Å²) in [5.41, 5.74) is 1.06. The highest BCUT2D eigenvalue weighted by molar-refractivity contribution is 8.00. The van der Waals surface area contributed by atoms with Crippen LogP contribution in [0.15, 0.2) is 82.3 Å². The summed E-state index contributed by atoms with van der Waals surface area (Å²) >= 11 is 1.40. The first-order valence-electron chi connectivity index (χ1n) is 7.93. The summed E-state index contributed by atoms with van der Waals surface area (Å²) in [5, 5.41) is 0. The van der Waals surface area contributed by atoms with E-state index in [4.69, 9.17) is 4.42 Å². The van der Waals surface area contributed by atoms with Crippen molar-refractivity contribution < 1.29 is 13.6 Å². The SMILES string of the molecule is O=C(CSc1ccc(F)cc1)N(Cc1ccccc1)Cc1ccco1. The maximum absolute atomic E-state index is 13.0. The Labute approximate surface area is 150 Å². The van der Waals surface area contributed by atoms with Crippen LogP contribution >= 0.6 is 11.8 Å². The number of hydrogen-bond donors (Lipinski definition) is 0. The number of carbonyl (C=O) groups is 1. The molecule has 0 unspecified atom stereocenters. The van der Waals surface area contributed by atoms with E-state index in [9.17, 15) is 9.18 Å². The zero-order valence-corrected chi connectivity index (χ0v) is 14.4. The minimum Gasteiger partial charge on any atom is -0.467 e. The van der Waals surface area contributed by atoms with Gasteiger partial charge in [-0.15, -0.1) is 11.8 Å². The Balaban J connectivity index is 1.66. The summed E-state index contributed by atoms with van der Waals surface area (Å²) in [7, 11) is 0. The van der Waals surface area contributed by atoms with Gasteiger partial charge in [-0.3, -0.25) is 4.79 Å². The van der Waals surface area contributed by atoms with Crippen LogP contribution in [0.3, 0.4) is 0 Å². The van der Waals surface area contributed by atoms with E-state index in [-0.39, 0.29) is 11.7 Å². The Morgan fingerprint density at radius 3 is 2.40 bits per heavy atom. The van der Waals surface area contributed by atoms with Crippen molar-refractivity contribution in [1.29, 1.82) is 0 Å². The lowest BCUT2D eigenvalue weighted by Gasteiger charge is -2.22. The van der Waals surface area contributed by atoms with Gasteiger partial charge in [0.1, 0.15) is 11.6 Å². The highest BCUT2D eigenvalue weighted by atomic mass is 32.2. The van der Waals surface area contributed by atoms with Crippen molar-refractivity contribution in [3.05, 3.63) is 90.1 Å². The van der Waals surface area contributed by atoms with Crippen LogP contribution in [0.2, 0.25) is 0 Å². The second-order valence-electron chi connectivity index (χ2n) is 5.56. The molecule has 5 heteroatoms. The first-order chi connectivity index (χ1) is 12.2. The molecule has 1 amide bonds. The molecule has 0 aliphatic carbocycles. The van der Waals surface area contributed by atoms with Gasteiger partial charge >= 0.3 is 0 Å². The number of thioether (sulfide) groups is 1. The van der Waals surface area contributed by atoms with Crippen molar-refractivity contribution in [1.82, 2.24) is 4.90 Å². The zero-order valence-electron chi connectivity index (χ0n) is 13.6. The van der Waals surface area contributed by atoms with Gasteiger partial charge in [0, 0.05) is 11.4 Å². The van der Waals surface area contributed by atoms with Crippen molar-refractivity contribution in [3.63, 3.8) is 0 Å². The van der Waals surface area contributed by atoms with Crippen LogP contribution in [-0.2, 0) is 17.9 Å². The number of halogens is 1. The third kappa shape index (κ3) is 5.22. The van der Waals surface area contributed by atoms with Gasteiger partial charge in [-0.1, -0.05) is 30.3 Å². The average molecular weight is 355 g/mol. The largest absolute Gasteiger partial charge is 0.467 e. The second-order valence-corrected chi connectivity index (χ2v) is 6.61. The third-order valence-corrected chi connectivity index (χ3v) is 4.67. The lowest BCUT2D eigenvalue weighted by atomic mass is 10.2. The van der Waals surface area contributed by atoms with Crippen LogP contribution in [-0.4, -0.2) is 16.6 Å². The Kier molecular flexibility index (Phi) is 5.90. The van der Waals surface area contributed by atoms with Crippen LogP contribution in [0.25, 0.3) is 0 Å². The third-order valence-electron chi connectivity index (χ3n) is 3.67. The van der Waals surface area contributed by atoms with Gasteiger partial charge in [0.2, 0.25) is 5.91 Å². The van der Waals surface area contributed by atoms with Gasteiger partial charge in [-0.2, -0.15) is 0 Å². The molecule has 0 N–H and O–H groups in total. The molecule has 1 heterocycles. The zero-order chi connectivity index (χ0) is 17.5. The number of rotatable bonds is 7. The fourth-order valence-corrected chi connectivity index (χ4v) is 3.20. The monoisotopic (exact) mass is 355 g/mol. The van der Waals surface area contributed by atoms with Gasteiger partial charge in [-0.25, -0.2) is 4.39 Å². The molecule has 0 saturated heterocycles. The van der Waals surface area contributed by atoms with E-state index in [2.05, 4.69) is 0 Å². The molecule has 3 aromatic rings. The number of furan rings is 1. The fourth-order valence-electron chi connectivity index (χ4n) is 2.39. The van der Waals surface area contributed by atoms with Crippen LogP contribution in [0.1, 0.15) is 11.3 Å². The Morgan fingerprint density at radius 2 is 1.72 bits per heavy atom. The molecule has 0 spiro atoms. The van der Waals surface area contributed by atoms with Crippen LogP contribution in [0.4, 0.5) is 4.39 Å². The summed E-state index contributed by atoms with van der Waals surface area (Å²) in [6, 6.07) is 19.7. The van der Waals surface area contributed by atoms with Gasteiger partial charge < -0.3 is 9.32 Å². The molecule has 3 nitrogen and oxygen atoms in total. The summed E-state index contributed by atoms with van der Waals surface area (Å²) in [6.07, 6.45) is 1.60. The smallest absolute Gasteiger partial charge is 0.233 e. The summed E-state index contributed by atoms with van der Waals surface area (Å²) < 4.78 is 18.4. The van der Waals surface area contributed by atoms with E-state index in [0.717, 1.165) is 16.2 Å². The maximum atomic E-state index is 13.0. The molecule has 128 valence electrons. The van der Waals surface area contributed by atoms with Crippen molar-refractivity contribution in [3.8, 4) is 0 Å². The van der Waals surface area contributed by atoms with Gasteiger partial charge in [-0.05, 0) is 42.0 Å². The lowest BCUT2D eigenvalue weighted by Crippen LogP contribution is -2.31. The number of nitrogens with zero attached hydrogens (tertiary/aromatic N) is 1. The Hall–Kier alpha value is -2.53. The molecule has 1 aromatic heterocycles. The minimum absolute atomic E-state index is 0.00887. The summed E-state index contributed by atoms with van der Waals surface area (Å²) in [5.74, 6) is 0.768. The molecule has 0 aliphatic heterocycles. The van der Waals surface area contributed by atoms with E-state index < -0.39 is 0 Å². The number of amides is 1. The molecule has 0 saturated carbocycles.